The molecular weight excluding hydrogens is 296 g/mol. The monoisotopic (exact) mass is 314 g/mol. The second-order valence-electron chi connectivity index (χ2n) is 4.68. The number of hydrogen-bond acceptors (Lipinski definition) is 4. The summed E-state index contributed by atoms with van der Waals surface area (Å²) in [6.07, 6.45) is 0.197. The van der Waals surface area contributed by atoms with Gasteiger partial charge in [-0.05, 0) is 31.9 Å². The van der Waals surface area contributed by atoms with E-state index in [0.717, 1.165) is 5.56 Å². The predicted molar refractivity (Wildman–Crippen MR) is 76.0 cm³/mol. The van der Waals surface area contributed by atoms with E-state index in [0.29, 0.717) is 0 Å². The lowest BCUT2D eigenvalue weighted by Crippen LogP contribution is -2.40. The molecule has 7 nitrogen and oxygen atoms in total. The predicted octanol–water partition coefficient (Wildman–Crippen LogP) is 0.382. The number of carbonyl (C=O) groups excluding carboxylic acids is 1. The van der Waals surface area contributed by atoms with Crippen LogP contribution in [-0.4, -0.2) is 31.4 Å². The van der Waals surface area contributed by atoms with Gasteiger partial charge in [0, 0.05) is 6.42 Å². The molecule has 4 N–H and O–H groups in total. The van der Waals surface area contributed by atoms with Crippen LogP contribution in [0.3, 0.4) is 0 Å². The van der Waals surface area contributed by atoms with E-state index in [2.05, 4.69) is 4.72 Å². The summed E-state index contributed by atoms with van der Waals surface area (Å²) in [6.45, 7) is 1.81. The largest absolute Gasteiger partial charge is 0.480 e. The molecule has 0 spiro atoms. The van der Waals surface area contributed by atoms with E-state index in [1.807, 2.05) is 6.92 Å². The van der Waals surface area contributed by atoms with Gasteiger partial charge in [-0.2, -0.15) is 4.72 Å². The van der Waals surface area contributed by atoms with Crippen molar-refractivity contribution >= 4 is 21.9 Å². The zero-order chi connectivity index (χ0) is 16.0. The molecule has 1 aromatic rings. The van der Waals surface area contributed by atoms with Gasteiger partial charge < -0.3 is 10.8 Å². The number of primary amides is 1. The second kappa shape index (κ2) is 7.19. The van der Waals surface area contributed by atoms with E-state index in [9.17, 15) is 18.0 Å². The minimum Gasteiger partial charge on any atom is -0.480 e. The number of carboxylic acids is 1. The topological polar surface area (TPSA) is 127 Å². The number of carbonyl (C=O) groups is 2. The van der Waals surface area contributed by atoms with Crippen LogP contribution in [0.5, 0.6) is 0 Å². The molecule has 8 heteroatoms. The molecule has 0 bridgehead atoms. The summed E-state index contributed by atoms with van der Waals surface area (Å²) in [7, 11) is -3.92. The van der Waals surface area contributed by atoms with Gasteiger partial charge in [-0.15, -0.1) is 0 Å². The lowest BCUT2D eigenvalue weighted by molar-refractivity contribution is -0.139. The molecule has 116 valence electrons. The fourth-order valence-electron chi connectivity index (χ4n) is 1.69. The number of nitrogens with two attached hydrogens (primary N) is 1. The number of benzene rings is 1. The van der Waals surface area contributed by atoms with Crippen molar-refractivity contribution < 1.29 is 23.1 Å². The van der Waals surface area contributed by atoms with Crippen molar-refractivity contribution in [3.63, 3.8) is 0 Å². The number of hydrogen-bond donors (Lipinski definition) is 3. The quantitative estimate of drug-likeness (QED) is 0.639. The van der Waals surface area contributed by atoms with Crippen molar-refractivity contribution in [2.75, 3.05) is 0 Å². The Labute approximate surface area is 123 Å². The van der Waals surface area contributed by atoms with Crippen LogP contribution in [0, 0.1) is 6.92 Å². The van der Waals surface area contributed by atoms with Gasteiger partial charge in [0.1, 0.15) is 6.04 Å². The van der Waals surface area contributed by atoms with Gasteiger partial charge >= 0.3 is 5.97 Å². The maximum atomic E-state index is 12.1. The highest BCUT2D eigenvalue weighted by atomic mass is 32.2. The van der Waals surface area contributed by atoms with Crippen molar-refractivity contribution in [1.29, 1.82) is 0 Å². The lowest BCUT2D eigenvalue weighted by atomic mass is 10.1. The molecule has 1 atom stereocenters. The van der Waals surface area contributed by atoms with E-state index < -0.39 is 27.9 Å². The van der Waals surface area contributed by atoms with E-state index in [1.165, 1.54) is 12.1 Å². The molecule has 1 rings (SSSR count). The standard InChI is InChI=1S/C13H18N2O5S/c1-9-5-7-10(8-6-9)21(19,20)15-11(13(17)18)3-2-4-12(14)16/h5-8,11,15H,2-4H2,1H3,(H2,14,16)(H,17,18)/t11-/m0/s1. The molecule has 1 aromatic carbocycles. The van der Waals surface area contributed by atoms with Crippen LogP contribution >= 0.6 is 0 Å². The summed E-state index contributed by atoms with van der Waals surface area (Å²) in [4.78, 5) is 21.7. The molecule has 0 unspecified atom stereocenters. The fourth-order valence-corrected chi connectivity index (χ4v) is 2.91. The SMILES string of the molecule is Cc1ccc(S(=O)(=O)N[C@@H](CCCC(N)=O)C(=O)O)cc1. The Bertz CT molecular complexity index is 610. The Morgan fingerprint density at radius 2 is 1.86 bits per heavy atom. The molecule has 0 fully saturated rings. The molecule has 0 aromatic heterocycles. The highest BCUT2D eigenvalue weighted by Gasteiger charge is 2.25. The third kappa shape index (κ3) is 5.52. The summed E-state index contributed by atoms with van der Waals surface area (Å²) in [5, 5.41) is 9.05. The first-order valence-corrected chi connectivity index (χ1v) is 7.81. The number of amides is 1. The van der Waals surface area contributed by atoms with Crippen LogP contribution in [0.4, 0.5) is 0 Å². The Balaban J connectivity index is 2.79. The Hall–Kier alpha value is -1.93. The minimum absolute atomic E-state index is 0.00532. The zero-order valence-corrected chi connectivity index (χ0v) is 12.4. The molecule has 0 heterocycles. The Kier molecular flexibility index (Phi) is 5.86. The first-order chi connectivity index (χ1) is 9.72. The third-order valence-electron chi connectivity index (χ3n) is 2.84. The summed E-state index contributed by atoms with van der Waals surface area (Å²) >= 11 is 0. The minimum atomic E-state index is -3.92. The van der Waals surface area contributed by atoms with Gasteiger partial charge in [0.15, 0.2) is 0 Å². The van der Waals surface area contributed by atoms with Crippen molar-refractivity contribution in [2.24, 2.45) is 5.73 Å². The molecule has 0 saturated heterocycles. The number of carboxylic acid groups (broad SMARTS) is 1. The van der Waals surface area contributed by atoms with Gasteiger partial charge in [0.05, 0.1) is 4.90 Å². The lowest BCUT2D eigenvalue weighted by Gasteiger charge is -2.14. The van der Waals surface area contributed by atoms with Crippen LogP contribution in [-0.2, 0) is 19.6 Å². The first-order valence-electron chi connectivity index (χ1n) is 6.32. The average molecular weight is 314 g/mol. The molecule has 0 radical (unpaired) electrons. The van der Waals surface area contributed by atoms with Crippen LogP contribution in [0.15, 0.2) is 29.2 Å². The molecule has 0 aliphatic heterocycles. The van der Waals surface area contributed by atoms with E-state index >= 15 is 0 Å². The normalized spacial score (nSPS) is 12.8. The van der Waals surface area contributed by atoms with Gasteiger partial charge in [-0.3, -0.25) is 9.59 Å². The summed E-state index contributed by atoms with van der Waals surface area (Å²) in [6, 6.07) is 4.75. The molecule has 0 saturated carbocycles. The van der Waals surface area contributed by atoms with Gasteiger partial charge in [0.2, 0.25) is 15.9 Å². The first kappa shape index (κ1) is 17.1. The van der Waals surface area contributed by atoms with Crippen LogP contribution in [0.1, 0.15) is 24.8 Å². The number of rotatable bonds is 8. The maximum Gasteiger partial charge on any atom is 0.321 e. The smallest absolute Gasteiger partial charge is 0.321 e. The summed E-state index contributed by atoms with van der Waals surface area (Å²) in [5.74, 6) is -1.85. The van der Waals surface area contributed by atoms with E-state index in [4.69, 9.17) is 10.8 Å². The van der Waals surface area contributed by atoms with Crippen LogP contribution < -0.4 is 10.5 Å². The molecule has 0 aliphatic carbocycles. The van der Waals surface area contributed by atoms with Crippen molar-refractivity contribution in [3.05, 3.63) is 29.8 Å². The van der Waals surface area contributed by atoms with E-state index in [-0.39, 0.29) is 24.2 Å². The number of sulfonamides is 1. The summed E-state index contributed by atoms with van der Waals surface area (Å²) in [5.41, 5.74) is 5.86. The third-order valence-corrected chi connectivity index (χ3v) is 4.33. The van der Waals surface area contributed by atoms with Crippen molar-refractivity contribution in [2.45, 2.75) is 37.1 Å². The number of aliphatic carboxylic acids is 1. The molecule has 0 aliphatic rings. The second-order valence-corrected chi connectivity index (χ2v) is 6.40. The Morgan fingerprint density at radius 3 is 2.33 bits per heavy atom. The van der Waals surface area contributed by atoms with Crippen LogP contribution in [0.2, 0.25) is 0 Å². The average Bonchev–Trinajstić information content (AvgIpc) is 2.37. The highest BCUT2D eigenvalue weighted by molar-refractivity contribution is 7.89. The van der Waals surface area contributed by atoms with Crippen LogP contribution in [0.25, 0.3) is 0 Å². The molecule has 1 amide bonds. The van der Waals surface area contributed by atoms with E-state index in [1.54, 1.807) is 12.1 Å². The summed E-state index contributed by atoms with van der Waals surface area (Å²) < 4.78 is 26.3. The maximum absolute atomic E-state index is 12.1. The number of nitrogens with one attached hydrogen (secondary N) is 1. The van der Waals surface area contributed by atoms with Gasteiger partial charge in [0.25, 0.3) is 0 Å². The van der Waals surface area contributed by atoms with Gasteiger partial charge in [-0.1, -0.05) is 17.7 Å². The fraction of sp³-hybridized carbons (Fsp3) is 0.385. The molecule has 21 heavy (non-hydrogen) atoms. The van der Waals surface area contributed by atoms with Crippen molar-refractivity contribution in [1.82, 2.24) is 4.72 Å². The Morgan fingerprint density at radius 1 is 1.29 bits per heavy atom. The zero-order valence-electron chi connectivity index (χ0n) is 11.6. The van der Waals surface area contributed by atoms with Gasteiger partial charge in [-0.25, -0.2) is 8.42 Å². The number of aryl methyl sites for hydroxylation is 1. The van der Waals surface area contributed by atoms with Crippen molar-refractivity contribution in [3.8, 4) is 0 Å². The highest BCUT2D eigenvalue weighted by Crippen LogP contribution is 2.12. The molecular formula is C13H18N2O5S.